The standard InChI is InChI=1S/C15H15F2NO2S/c1-11-4-2-3-5-13(11)10-21(19,20)18-9-12-6-7-14(16)8-15(12)17/h2-8,18H,9-10H2,1H3. The largest absolute Gasteiger partial charge is 0.216 e. The van der Waals surface area contributed by atoms with E-state index >= 15 is 0 Å². The number of aryl methyl sites for hydroxylation is 1. The van der Waals surface area contributed by atoms with Crippen molar-refractivity contribution in [3.05, 3.63) is 70.8 Å². The molecular formula is C15H15F2NO2S. The summed E-state index contributed by atoms with van der Waals surface area (Å²) >= 11 is 0. The molecule has 0 radical (unpaired) electrons. The van der Waals surface area contributed by atoms with Crippen molar-refractivity contribution in [2.24, 2.45) is 0 Å². The summed E-state index contributed by atoms with van der Waals surface area (Å²) in [5, 5.41) is 0. The third-order valence-electron chi connectivity index (χ3n) is 3.10. The molecule has 0 atom stereocenters. The highest BCUT2D eigenvalue weighted by atomic mass is 32.2. The van der Waals surface area contributed by atoms with E-state index in [1.54, 1.807) is 12.1 Å². The number of benzene rings is 2. The number of nitrogens with one attached hydrogen (secondary N) is 1. The van der Waals surface area contributed by atoms with Crippen LogP contribution in [0.1, 0.15) is 16.7 Å². The Morgan fingerprint density at radius 3 is 2.43 bits per heavy atom. The number of rotatable bonds is 5. The summed E-state index contributed by atoms with van der Waals surface area (Å²) in [7, 11) is -3.59. The van der Waals surface area contributed by atoms with Crippen molar-refractivity contribution in [3.8, 4) is 0 Å². The Morgan fingerprint density at radius 1 is 1.05 bits per heavy atom. The van der Waals surface area contributed by atoms with Gasteiger partial charge >= 0.3 is 0 Å². The second-order valence-electron chi connectivity index (χ2n) is 4.74. The molecule has 0 spiro atoms. The van der Waals surface area contributed by atoms with E-state index < -0.39 is 21.7 Å². The van der Waals surface area contributed by atoms with Crippen molar-refractivity contribution in [2.75, 3.05) is 0 Å². The van der Waals surface area contributed by atoms with Crippen molar-refractivity contribution in [1.82, 2.24) is 4.72 Å². The number of hydrogen-bond acceptors (Lipinski definition) is 2. The molecule has 0 saturated carbocycles. The van der Waals surface area contributed by atoms with E-state index in [4.69, 9.17) is 0 Å². The maximum absolute atomic E-state index is 13.4. The highest BCUT2D eigenvalue weighted by molar-refractivity contribution is 7.88. The lowest BCUT2D eigenvalue weighted by molar-refractivity contribution is 0.562. The monoisotopic (exact) mass is 311 g/mol. The number of hydrogen-bond donors (Lipinski definition) is 1. The van der Waals surface area contributed by atoms with E-state index in [2.05, 4.69) is 4.72 Å². The molecule has 112 valence electrons. The smallest absolute Gasteiger partial charge is 0.212 e. The van der Waals surface area contributed by atoms with Crippen molar-refractivity contribution < 1.29 is 17.2 Å². The first-order chi connectivity index (χ1) is 9.87. The quantitative estimate of drug-likeness (QED) is 0.923. The van der Waals surface area contributed by atoms with E-state index in [1.807, 2.05) is 19.1 Å². The fourth-order valence-electron chi connectivity index (χ4n) is 1.88. The summed E-state index contributed by atoms with van der Waals surface area (Å²) in [4.78, 5) is 0. The Morgan fingerprint density at radius 2 is 1.76 bits per heavy atom. The van der Waals surface area contributed by atoms with Crippen molar-refractivity contribution >= 4 is 10.0 Å². The highest BCUT2D eigenvalue weighted by Crippen LogP contribution is 2.12. The fourth-order valence-corrected chi connectivity index (χ4v) is 3.09. The van der Waals surface area contributed by atoms with Crippen LogP contribution in [-0.4, -0.2) is 8.42 Å². The molecule has 0 saturated heterocycles. The van der Waals surface area contributed by atoms with E-state index in [-0.39, 0.29) is 17.9 Å². The lowest BCUT2D eigenvalue weighted by atomic mass is 10.1. The van der Waals surface area contributed by atoms with Gasteiger partial charge in [-0.2, -0.15) is 0 Å². The molecule has 3 nitrogen and oxygen atoms in total. The maximum atomic E-state index is 13.4. The lowest BCUT2D eigenvalue weighted by Gasteiger charge is -2.09. The molecule has 2 rings (SSSR count). The average molecular weight is 311 g/mol. The van der Waals surface area contributed by atoms with Gasteiger partial charge < -0.3 is 0 Å². The zero-order valence-electron chi connectivity index (χ0n) is 11.4. The Bertz CT molecular complexity index is 745. The molecule has 0 unspecified atom stereocenters. The van der Waals surface area contributed by atoms with Gasteiger partial charge in [-0.25, -0.2) is 21.9 Å². The van der Waals surface area contributed by atoms with Crippen LogP contribution in [0.3, 0.4) is 0 Å². The first kappa shape index (κ1) is 15.6. The third-order valence-corrected chi connectivity index (χ3v) is 4.38. The molecule has 0 aliphatic rings. The van der Waals surface area contributed by atoms with Gasteiger partial charge in [0.25, 0.3) is 0 Å². The molecule has 1 N–H and O–H groups in total. The topological polar surface area (TPSA) is 46.2 Å². The summed E-state index contributed by atoms with van der Waals surface area (Å²) < 4.78 is 52.5. The molecule has 0 bridgehead atoms. The Labute approximate surface area is 122 Å². The van der Waals surface area contributed by atoms with Gasteiger partial charge in [0.1, 0.15) is 11.6 Å². The second-order valence-corrected chi connectivity index (χ2v) is 6.55. The van der Waals surface area contributed by atoms with E-state index in [9.17, 15) is 17.2 Å². The number of halogens is 2. The van der Waals surface area contributed by atoms with Gasteiger partial charge in [-0.15, -0.1) is 0 Å². The van der Waals surface area contributed by atoms with Crippen LogP contribution in [0.4, 0.5) is 8.78 Å². The van der Waals surface area contributed by atoms with Gasteiger partial charge in [0.2, 0.25) is 10.0 Å². The highest BCUT2D eigenvalue weighted by Gasteiger charge is 2.14. The lowest BCUT2D eigenvalue weighted by Crippen LogP contribution is -2.25. The zero-order valence-corrected chi connectivity index (χ0v) is 12.3. The number of sulfonamides is 1. The Hall–Kier alpha value is -1.79. The average Bonchev–Trinajstić information content (AvgIpc) is 2.40. The zero-order chi connectivity index (χ0) is 15.5. The van der Waals surface area contributed by atoms with Crippen molar-refractivity contribution in [1.29, 1.82) is 0 Å². The van der Waals surface area contributed by atoms with Crippen LogP contribution in [0.5, 0.6) is 0 Å². The molecule has 2 aromatic carbocycles. The van der Waals surface area contributed by atoms with Gasteiger partial charge in [0.15, 0.2) is 0 Å². The fraction of sp³-hybridized carbons (Fsp3) is 0.200. The summed E-state index contributed by atoms with van der Waals surface area (Å²) in [6, 6.07) is 10.2. The van der Waals surface area contributed by atoms with Crippen LogP contribution in [0.25, 0.3) is 0 Å². The predicted molar refractivity (Wildman–Crippen MR) is 77.0 cm³/mol. The molecule has 0 fully saturated rings. The summed E-state index contributed by atoms with van der Waals surface area (Å²) in [6.07, 6.45) is 0. The SMILES string of the molecule is Cc1ccccc1CS(=O)(=O)NCc1ccc(F)cc1F. The minimum atomic E-state index is -3.59. The molecule has 0 amide bonds. The van der Waals surface area contributed by atoms with Crippen LogP contribution < -0.4 is 4.72 Å². The normalized spacial score (nSPS) is 11.6. The van der Waals surface area contributed by atoms with Crippen LogP contribution in [0.15, 0.2) is 42.5 Å². The van der Waals surface area contributed by atoms with Gasteiger partial charge in [0.05, 0.1) is 5.75 Å². The van der Waals surface area contributed by atoms with E-state index in [1.165, 1.54) is 6.07 Å². The molecule has 0 aliphatic heterocycles. The Balaban J connectivity index is 2.06. The summed E-state index contributed by atoms with van der Waals surface area (Å²) in [5.74, 6) is -1.64. The second kappa shape index (κ2) is 6.32. The first-order valence-electron chi connectivity index (χ1n) is 6.33. The third kappa shape index (κ3) is 4.34. The molecule has 6 heteroatoms. The van der Waals surface area contributed by atoms with Gasteiger partial charge in [-0.3, -0.25) is 0 Å². The molecular weight excluding hydrogens is 296 g/mol. The van der Waals surface area contributed by atoms with Crippen LogP contribution in [-0.2, 0) is 22.3 Å². The van der Waals surface area contributed by atoms with Crippen molar-refractivity contribution in [2.45, 2.75) is 19.2 Å². The van der Waals surface area contributed by atoms with Gasteiger partial charge in [-0.05, 0) is 24.1 Å². The van der Waals surface area contributed by atoms with Crippen LogP contribution in [0.2, 0.25) is 0 Å². The van der Waals surface area contributed by atoms with Gasteiger partial charge in [0, 0.05) is 18.2 Å². The molecule has 2 aromatic rings. The first-order valence-corrected chi connectivity index (χ1v) is 7.98. The Kier molecular flexibility index (Phi) is 4.69. The minimum absolute atomic E-state index is 0.102. The van der Waals surface area contributed by atoms with E-state index in [0.717, 1.165) is 17.7 Å². The van der Waals surface area contributed by atoms with Crippen LogP contribution >= 0.6 is 0 Å². The van der Waals surface area contributed by atoms with Crippen molar-refractivity contribution in [3.63, 3.8) is 0 Å². The van der Waals surface area contributed by atoms with E-state index in [0.29, 0.717) is 5.56 Å². The molecule has 21 heavy (non-hydrogen) atoms. The molecule has 0 aromatic heterocycles. The van der Waals surface area contributed by atoms with Gasteiger partial charge in [-0.1, -0.05) is 30.3 Å². The molecule has 0 aliphatic carbocycles. The summed E-state index contributed by atoms with van der Waals surface area (Å²) in [5.41, 5.74) is 1.66. The predicted octanol–water partition coefficient (Wildman–Crippen LogP) is 2.89. The minimum Gasteiger partial charge on any atom is -0.212 e. The van der Waals surface area contributed by atoms with Crippen LogP contribution in [0, 0.1) is 18.6 Å². The molecule has 0 heterocycles. The maximum Gasteiger partial charge on any atom is 0.216 e. The summed E-state index contributed by atoms with van der Waals surface area (Å²) in [6.45, 7) is 1.62.